The average Bonchev–Trinajstić information content (AvgIpc) is 3.91. The lowest BCUT2D eigenvalue weighted by Crippen LogP contribution is -1.96. The van der Waals surface area contributed by atoms with Crippen LogP contribution in [0.5, 0.6) is 0 Å². The molecule has 280 valence electrons. The molecule has 0 bridgehead atoms. The summed E-state index contributed by atoms with van der Waals surface area (Å²) in [6.45, 7) is 0. The SMILES string of the molecule is c1ccc(-c2ccc3nc(-c4ccc(-c5nc(-c6ccccc6)cc(-c6cccc(-c7cccc8c7sc7ccccc78)c6)n5)cc4)c4oc5ccccc5c4c3c2)cc1. The monoisotopic (exact) mass is 783 g/mol. The Morgan fingerprint density at radius 3 is 1.85 bits per heavy atom. The Bertz CT molecular complexity index is 3590. The van der Waals surface area contributed by atoms with Crippen molar-refractivity contribution in [3.8, 4) is 67.4 Å². The van der Waals surface area contributed by atoms with Gasteiger partial charge in [0.15, 0.2) is 11.4 Å². The van der Waals surface area contributed by atoms with E-state index in [9.17, 15) is 0 Å². The molecular weight excluding hydrogens is 751 g/mol. The van der Waals surface area contributed by atoms with Gasteiger partial charge < -0.3 is 4.42 Å². The maximum Gasteiger partial charge on any atom is 0.162 e. The van der Waals surface area contributed by atoms with E-state index in [0.29, 0.717) is 5.82 Å². The highest BCUT2D eigenvalue weighted by Gasteiger charge is 2.19. The second-order valence-electron chi connectivity index (χ2n) is 15.1. The Balaban J connectivity index is 0.972. The Hall–Kier alpha value is -7.73. The summed E-state index contributed by atoms with van der Waals surface area (Å²) >= 11 is 1.85. The molecule has 4 nitrogen and oxygen atoms in total. The van der Waals surface area contributed by atoms with Crippen LogP contribution in [0.25, 0.3) is 120 Å². The molecule has 0 aliphatic rings. The predicted octanol–water partition coefficient (Wildman–Crippen LogP) is 15.3. The standard InChI is InChI=1S/C55H33N3OS/c1-3-13-34(14-4-1)38-29-30-46-45(32-38)51-44-20-7-9-23-49(44)59-53(51)52(56-46)36-25-27-37(28-26-36)55-57-47(35-15-5-2-6-16-35)33-48(58-55)40-18-11-17-39(31-40)41-21-12-22-43-42-19-8-10-24-50(42)60-54(41)43/h1-33H. The van der Waals surface area contributed by atoms with Crippen molar-refractivity contribution in [2.45, 2.75) is 0 Å². The molecule has 12 rings (SSSR count). The van der Waals surface area contributed by atoms with Gasteiger partial charge in [-0.25, -0.2) is 15.0 Å². The van der Waals surface area contributed by atoms with E-state index < -0.39 is 0 Å². The van der Waals surface area contributed by atoms with Crippen LogP contribution < -0.4 is 0 Å². The van der Waals surface area contributed by atoms with Crippen LogP contribution in [0.1, 0.15) is 0 Å². The van der Waals surface area contributed by atoms with Crippen LogP contribution in [0, 0.1) is 0 Å². The van der Waals surface area contributed by atoms with Crippen LogP contribution in [0.4, 0.5) is 0 Å². The van der Waals surface area contributed by atoms with E-state index in [1.807, 2.05) is 35.6 Å². The van der Waals surface area contributed by atoms with Gasteiger partial charge in [-0.3, -0.25) is 0 Å². The molecule has 4 heterocycles. The van der Waals surface area contributed by atoms with E-state index in [2.05, 4.69) is 176 Å². The van der Waals surface area contributed by atoms with Gasteiger partial charge in [0.2, 0.25) is 0 Å². The minimum atomic E-state index is 0.656. The quantitative estimate of drug-likeness (QED) is 0.169. The molecule has 0 fully saturated rings. The van der Waals surface area contributed by atoms with Crippen molar-refractivity contribution in [2.24, 2.45) is 0 Å². The first kappa shape index (κ1) is 34.3. The van der Waals surface area contributed by atoms with Crippen LogP contribution in [0.15, 0.2) is 205 Å². The van der Waals surface area contributed by atoms with Gasteiger partial charge in [0.25, 0.3) is 0 Å². The molecule has 0 saturated carbocycles. The number of thiophene rings is 1. The first-order valence-corrected chi connectivity index (χ1v) is 20.9. The molecule has 4 aromatic heterocycles. The number of aromatic nitrogens is 3. The summed E-state index contributed by atoms with van der Waals surface area (Å²) in [4.78, 5) is 15.7. The highest BCUT2D eigenvalue weighted by Crippen LogP contribution is 2.42. The number of benzene rings is 8. The van der Waals surface area contributed by atoms with Crippen LogP contribution in [0.2, 0.25) is 0 Å². The van der Waals surface area contributed by atoms with E-state index in [1.54, 1.807) is 0 Å². The number of fused-ring (bicyclic) bond motifs is 8. The number of hydrogen-bond acceptors (Lipinski definition) is 5. The van der Waals surface area contributed by atoms with Gasteiger partial charge in [-0.1, -0.05) is 164 Å². The third-order valence-electron chi connectivity index (χ3n) is 11.5. The van der Waals surface area contributed by atoms with Crippen molar-refractivity contribution in [2.75, 3.05) is 0 Å². The molecule has 0 aliphatic carbocycles. The fourth-order valence-corrected chi connectivity index (χ4v) is 9.81. The summed E-state index contributed by atoms with van der Waals surface area (Å²) in [5, 5.41) is 5.80. The van der Waals surface area contributed by atoms with Gasteiger partial charge in [-0.05, 0) is 58.7 Å². The number of nitrogens with zero attached hydrogens (tertiary/aromatic N) is 3. The first-order valence-electron chi connectivity index (χ1n) is 20.1. The maximum absolute atomic E-state index is 6.63. The molecule has 0 unspecified atom stereocenters. The zero-order valence-electron chi connectivity index (χ0n) is 32.2. The van der Waals surface area contributed by atoms with Crippen molar-refractivity contribution >= 4 is 64.4 Å². The molecule has 0 aliphatic heterocycles. The van der Waals surface area contributed by atoms with Crippen LogP contribution >= 0.6 is 11.3 Å². The largest absolute Gasteiger partial charge is 0.454 e. The molecule has 8 aromatic carbocycles. The Morgan fingerprint density at radius 2 is 1.02 bits per heavy atom. The Morgan fingerprint density at radius 1 is 0.383 bits per heavy atom. The summed E-state index contributed by atoms with van der Waals surface area (Å²) in [7, 11) is 0. The van der Waals surface area contributed by atoms with Gasteiger partial charge in [0, 0.05) is 58.6 Å². The molecule has 60 heavy (non-hydrogen) atoms. The summed E-state index contributed by atoms with van der Waals surface area (Å²) in [5.41, 5.74) is 13.7. The lowest BCUT2D eigenvalue weighted by atomic mass is 9.98. The zero-order chi connectivity index (χ0) is 39.6. The maximum atomic E-state index is 6.63. The predicted molar refractivity (Wildman–Crippen MR) is 250 cm³/mol. The lowest BCUT2D eigenvalue weighted by Gasteiger charge is -2.12. The smallest absolute Gasteiger partial charge is 0.162 e. The fraction of sp³-hybridized carbons (Fsp3) is 0. The second-order valence-corrected chi connectivity index (χ2v) is 16.2. The third-order valence-corrected chi connectivity index (χ3v) is 12.7. The minimum absolute atomic E-state index is 0.656. The van der Waals surface area contributed by atoms with Gasteiger partial charge in [-0.15, -0.1) is 11.3 Å². The second kappa shape index (κ2) is 14.0. The summed E-state index contributed by atoms with van der Waals surface area (Å²) in [5.74, 6) is 0.656. The number of rotatable bonds is 6. The van der Waals surface area contributed by atoms with Gasteiger partial charge in [0.1, 0.15) is 11.3 Å². The number of hydrogen-bond donors (Lipinski definition) is 0. The van der Waals surface area contributed by atoms with Gasteiger partial charge in [-0.2, -0.15) is 0 Å². The molecule has 0 spiro atoms. The molecule has 0 atom stereocenters. The first-order chi connectivity index (χ1) is 29.7. The van der Waals surface area contributed by atoms with Crippen LogP contribution in [0.3, 0.4) is 0 Å². The van der Waals surface area contributed by atoms with E-state index >= 15 is 0 Å². The Kier molecular flexibility index (Phi) is 8.00. The third kappa shape index (κ3) is 5.78. The highest BCUT2D eigenvalue weighted by atomic mass is 32.1. The number of pyridine rings is 1. The van der Waals surface area contributed by atoms with E-state index in [4.69, 9.17) is 19.4 Å². The lowest BCUT2D eigenvalue weighted by molar-refractivity contribution is 0.669. The van der Waals surface area contributed by atoms with Crippen molar-refractivity contribution in [1.29, 1.82) is 0 Å². The average molecular weight is 784 g/mol. The molecule has 0 N–H and O–H groups in total. The van der Waals surface area contributed by atoms with Crippen molar-refractivity contribution in [3.05, 3.63) is 200 Å². The van der Waals surface area contributed by atoms with Crippen LogP contribution in [-0.2, 0) is 0 Å². The molecular formula is C55H33N3OS. The fourth-order valence-electron chi connectivity index (χ4n) is 8.57. The molecule has 0 amide bonds. The topological polar surface area (TPSA) is 51.8 Å². The zero-order valence-corrected chi connectivity index (χ0v) is 33.0. The molecule has 12 aromatic rings. The number of furan rings is 1. The number of para-hydroxylation sites is 1. The summed E-state index contributed by atoms with van der Waals surface area (Å²) in [6, 6.07) is 70.1. The molecule has 0 saturated heterocycles. The van der Waals surface area contributed by atoms with Crippen LogP contribution in [-0.4, -0.2) is 15.0 Å². The normalized spacial score (nSPS) is 11.7. The molecule has 0 radical (unpaired) electrons. The molecule has 5 heteroatoms. The van der Waals surface area contributed by atoms with Crippen molar-refractivity contribution in [3.63, 3.8) is 0 Å². The van der Waals surface area contributed by atoms with Gasteiger partial charge in [0.05, 0.1) is 16.9 Å². The summed E-state index contributed by atoms with van der Waals surface area (Å²) in [6.07, 6.45) is 0. The minimum Gasteiger partial charge on any atom is -0.454 e. The van der Waals surface area contributed by atoms with Crippen molar-refractivity contribution in [1.82, 2.24) is 15.0 Å². The Labute approximate surface area is 349 Å². The van der Waals surface area contributed by atoms with Gasteiger partial charge >= 0.3 is 0 Å². The van der Waals surface area contributed by atoms with Crippen molar-refractivity contribution < 1.29 is 4.42 Å². The van der Waals surface area contributed by atoms with E-state index in [0.717, 1.165) is 83.3 Å². The summed E-state index contributed by atoms with van der Waals surface area (Å²) < 4.78 is 9.22. The van der Waals surface area contributed by atoms with E-state index in [-0.39, 0.29) is 0 Å². The highest BCUT2D eigenvalue weighted by molar-refractivity contribution is 7.26. The van der Waals surface area contributed by atoms with E-state index in [1.165, 1.54) is 31.3 Å².